The second kappa shape index (κ2) is 7.37. The molecule has 2 aromatic rings. The normalized spacial score (nSPS) is 15.6. The van der Waals surface area contributed by atoms with Crippen LogP contribution < -0.4 is 15.4 Å². The van der Waals surface area contributed by atoms with Gasteiger partial charge in [-0.3, -0.25) is 4.79 Å². The molecule has 1 fully saturated rings. The summed E-state index contributed by atoms with van der Waals surface area (Å²) in [5, 5.41) is 0. The van der Waals surface area contributed by atoms with Gasteiger partial charge in [-0.05, 0) is 31.0 Å². The number of anilines is 1. The van der Waals surface area contributed by atoms with Gasteiger partial charge in [-0.1, -0.05) is 0 Å². The van der Waals surface area contributed by atoms with E-state index in [1.54, 1.807) is 6.07 Å². The van der Waals surface area contributed by atoms with Gasteiger partial charge >= 0.3 is 6.36 Å². The SMILES string of the molecule is NC(=O)C1CCN(c2cc(-c3ccc(OC(F)(F)F)c(F)c3)ncn2)CC1. The van der Waals surface area contributed by atoms with Crippen molar-refractivity contribution in [1.82, 2.24) is 9.97 Å². The van der Waals surface area contributed by atoms with Crippen molar-refractivity contribution in [3.05, 3.63) is 36.4 Å². The van der Waals surface area contributed by atoms with E-state index < -0.39 is 17.9 Å². The van der Waals surface area contributed by atoms with Crippen molar-refractivity contribution in [2.45, 2.75) is 19.2 Å². The summed E-state index contributed by atoms with van der Waals surface area (Å²) in [6, 6.07) is 4.73. The summed E-state index contributed by atoms with van der Waals surface area (Å²) in [6.07, 6.45) is -2.47. The minimum absolute atomic E-state index is 0.169. The molecule has 1 aromatic carbocycles. The molecule has 2 heterocycles. The highest BCUT2D eigenvalue weighted by molar-refractivity contribution is 5.77. The topological polar surface area (TPSA) is 81.3 Å². The Labute approximate surface area is 152 Å². The van der Waals surface area contributed by atoms with Crippen molar-refractivity contribution in [3.63, 3.8) is 0 Å². The van der Waals surface area contributed by atoms with Crippen molar-refractivity contribution in [3.8, 4) is 17.0 Å². The maximum atomic E-state index is 13.9. The Kier molecular flexibility index (Phi) is 5.15. The lowest BCUT2D eigenvalue weighted by Gasteiger charge is -2.31. The van der Waals surface area contributed by atoms with Gasteiger partial charge in [0.05, 0.1) is 5.69 Å². The molecule has 1 saturated heterocycles. The first-order valence-corrected chi connectivity index (χ1v) is 8.15. The maximum Gasteiger partial charge on any atom is 0.573 e. The van der Waals surface area contributed by atoms with E-state index in [9.17, 15) is 22.4 Å². The summed E-state index contributed by atoms with van der Waals surface area (Å²) in [5.74, 6) is -1.97. The number of alkyl halides is 3. The van der Waals surface area contributed by atoms with Gasteiger partial charge in [-0.25, -0.2) is 14.4 Å². The first-order valence-electron chi connectivity index (χ1n) is 8.15. The van der Waals surface area contributed by atoms with Crippen LogP contribution in [0.25, 0.3) is 11.3 Å². The van der Waals surface area contributed by atoms with Crippen LogP contribution in [0.5, 0.6) is 5.75 Å². The number of nitrogens with two attached hydrogens (primary N) is 1. The Morgan fingerprint density at radius 1 is 1.19 bits per heavy atom. The van der Waals surface area contributed by atoms with Crippen LogP contribution >= 0.6 is 0 Å². The van der Waals surface area contributed by atoms with Gasteiger partial charge in [0.15, 0.2) is 11.6 Å². The van der Waals surface area contributed by atoms with E-state index >= 15 is 0 Å². The van der Waals surface area contributed by atoms with Crippen molar-refractivity contribution >= 4 is 11.7 Å². The van der Waals surface area contributed by atoms with E-state index in [0.717, 1.165) is 12.1 Å². The fraction of sp³-hybridized carbons (Fsp3) is 0.353. The summed E-state index contributed by atoms with van der Waals surface area (Å²) in [6.45, 7) is 1.16. The van der Waals surface area contributed by atoms with Gasteiger partial charge < -0.3 is 15.4 Å². The number of carbonyl (C=O) groups is 1. The Bertz CT molecular complexity index is 836. The lowest BCUT2D eigenvalue weighted by atomic mass is 9.96. The molecule has 1 aliphatic heterocycles. The van der Waals surface area contributed by atoms with Gasteiger partial charge in [0, 0.05) is 30.6 Å². The summed E-state index contributed by atoms with van der Waals surface area (Å²) < 4.78 is 54.2. The molecule has 10 heteroatoms. The monoisotopic (exact) mass is 384 g/mol. The third kappa shape index (κ3) is 4.63. The third-order valence-electron chi connectivity index (χ3n) is 4.33. The number of piperidine rings is 1. The fourth-order valence-electron chi connectivity index (χ4n) is 2.94. The molecule has 1 amide bonds. The van der Waals surface area contributed by atoms with Crippen LogP contribution in [0.15, 0.2) is 30.6 Å². The zero-order valence-electron chi connectivity index (χ0n) is 14.0. The zero-order chi connectivity index (χ0) is 19.6. The molecular weight excluding hydrogens is 368 g/mol. The van der Waals surface area contributed by atoms with Crippen molar-refractivity contribution in [2.24, 2.45) is 11.7 Å². The van der Waals surface area contributed by atoms with Gasteiger partial charge in [-0.2, -0.15) is 0 Å². The van der Waals surface area contributed by atoms with Gasteiger partial charge in [0.1, 0.15) is 12.1 Å². The van der Waals surface area contributed by atoms with Crippen LogP contribution in [0, 0.1) is 11.7 Å². The Hall–Kier alpha value is -2.91. The zero-order valence-corrected chi connectivity index (χ0v) is 14.0. The van der Waals surface area contributed by atoms with Crippen LogP contribution in [0.2, 0.25) is 0 Å². The molecule has 0 atom stereocenters. The molecule has 0 bridgehead atoms. The number of hydrogen-bond donors (Lipinski definition) is 1. The molecule has 1 aromatic heterocycles. The molecular formula is C17H16F4N4O2. The highest BCUT2D eigenvalue weighted by atomic mass is 19.4. The predicted octanol–water partition coefficient (Wildman–Crippen LogP) is 2.88. The molecule has 0 aliphatic carbocycles. The average Bonchev–Trinajstić information content (AvgIpc) is 2.62. The quantitative estimate of drug-likeness (QED) is 0.820. The highest BCUT2D eigenvalue weighted by Crippen LogP contribution is 2.30. The molecule has 0 spiro atoms. The van der Waals surface area contributed by atoms with Crippen molar-refractivity contribution in [1.29, 1.82) is 0 Å². The van der Waals surface area contributed by atoms with Gasteiger partial charge in [0.2, 0.25) is 5.91 Å². The fourth-order valence-corrected chi connectivity index (χ4v) is 2.94. The van der Waals surface area contributed by atoms with Crippen LogP contribution in [0.3, 0.4) is 0 Å². The summed E-state index contributed by atoms with van der Waals surface area (Å²) in [4.78, 5) is 21.4. The van der Waals surface area contributed by atoms with E-state index in [1.165, 1.54) is 12.4 Å². The minimum atomic E-state index is -4.97. The number of carbonyl (C=O) groups excluding carboxylic acids is 1. The first-order chi connectivity index (χ1) is 12.7. The maximum absolute atomic E-state index is 13.9. The second-order valence-electron chi connectivity index (χ2n) is 6.12. The molecule has 144 valence electrons. The van der Waals surface area contributed by atoms with Gasteiger partial charge in [-0.15, -0.1) is 13.2 Å². The highest BCUT2D eigenvalue weighted by Gasteiger charge is 2.32. The van der Waals surface area contributed by atoms with Crippen molar-refractivity contribution in [2.75, 3.05) is 18.0 Å². The second-order valence-corrected chi connectivity index (χ2v) is 6.12. The van der Waals surface area contributed by atoms with E-state index in [2.05, 4.69) is 14.7 Å². The smallest absolute Gasteiger partial charge is 0.403 e. The summed E-state index contributed by atoms with van der Waals surface area (Å²) in [5.41, 5.74) is 5.96. The number of halogens is 4. The van der Waals surface area contributed by atoms with Crippen LogP contribution in [-0.4, -0.2) is 35.3 Å². The number of ether oxygens (including phenoxy) is 1. The van der Waals surface area contributed by atoms with E-state index in [0.29, 0.717) is 37.4 Å². The number of primary amides is 1. The summed E-state index contributed by atoms with van der Waals surface area (Å²) >= 11 is 0. The molecule has 3 rings (SSSR count). The van der Waals surface area contributed by atoms with Gasteiger partial charge in [0.25, 0.3) is 0 Å². The number of benzene rings is 1. The molecule has 1 aliphatic rings. The standard InChI is InChI=1S/C17H16F4N4O2/c18-12-7-11(1-2-14(12)27-17(19,20)21)13-8-15(24-9-23-13)25-5-3-10(4-6-25)16(22)26/h1-2,7-10H,3-6H2,(H2,22,26). The summed E-state index contributed by atoms with van der Waals surface area (Å²) in [7, 11) is 0. The molecule has 6 nitrogen and oxygen atoms in total. The van der Waals surface area contributed by atoms with E-state index in [1.807, 2.05) is 4.90 Å². The third-order valence-corrected chi connectivity index (χ3v) is 4.33. The molecule has 0 saturated carbocycles. The van der Waals surface area contributed by atoms with E-state index in [-0.39, 0.29) is 17.4 Å². The van der Waals surface area contributed by atoms with Crippen LogP contribution in [0.4, 0.5) is 23.4 Å². The number of nitrogens with zero attached hydrogens (tertiary/aromatic N) is 3. The Morgan fingerprint density at radius 3 is 2.48 bits per heavy atom. The largest absolute Gasteiger partial charge is 0.573 e. The Balaban J connectivity index is 1.78. The first kappa shape index (κ1) is 18.9. The van der Waals surface area contributed by atoms with Crippen molar-refractivity contribution < 1.29 is 27.1 Å². The number of aromatic nitrogens is 2. The number of rotatable bonds is 4. The lowest BCUT2D eigenvalue weighted by molar-refractivity contribution is -0.275. The number of hydrogen-bond acceptors (Lipinski definition) is 5. The van der Waals surface area contributed by atoms with Crippen LogP contribution in [-0.2, 0) is 4.79 Å². The number of amides is 1. The van der Waals surface area contributed by atoms with E-state index in [4.69, 9.17) is 5.73 Å². The van der Waals surface area contributed by atoms with Crippen LogP contribution in [0.1, 0.15) is 12.8 Å². The minimum Gasteiger partial charge on any atom is -0.403 e. The average molecular weight is 384 g/mol. The lowest BCUT2D eigenvalue weighted by Crippen LogP contribution is -2.38. The molecule has 0 unspecified atom stereocenters. The molecule has 0 radical (unpaired) electrons. The predicted molar refractivity (Wildman–Crippen MR) is 88.2 cm³/mol. The Morgan fingerprint density at radius 2 is 1.89 bits per heavy atom. The molecule has 2 N–H and O–H groups in total. The molecule has 27 heavy (non-hydrogen) atoms.